The van der Waals surface area contributed by atoms with Crippen molar-refractivity contribution in [1.29, 1.82) is 0 Å². The molecule has 1 rings (SSSR count). The summed E-state index contributed by atoms with van der Waals surface area (Å²) in [6.45, 7) is 5.55. The molecule has 1 aliphatic rings. The first-order valence-corrected chi connectivity index (χ1v) is 11.1. The standard InChI is InChI=1S/C22H30O13/c1-5-14(25)30-11-12-19(32-15(26)6-2)20(33-16(27)7-3)21(34-17(28)8-4)22(31-12)35-18(29)10-9-13(23)24/h9-10,12,19-22H,5-8,11H2,1-4H3,(H,23,24)/b10-9+/t12-,19-,20+,21-,22+/m1/s1. The second kappa shape index (κ2) is 14.7. The van der Waals surface area contributed by atoms with Gasteiger partial charge in [0.15, 0.2) is 12.2 Å². The third kappa shape index (κ3) is 9.73. The molecular weight excluding hydrogens is 472 g/mol. The summed E-state index contributed by atoms with van der Waals surface area (Å²) in [5, 5.41) is 8.72. The highest BCUT2D eigenvalue weighted by molar-refractivity contribution is 5.90. The maximum atomic E-state index is 12.2. The molecule has 1 fully saturated rings. The van der Waals surface area contributed by atoms with E-state index in [9.17, 15) is 28.8 Å². The lowest BCUT2D eigenvalue weighted by Crippen LogP contribution is -2.63. The zero-order chi connectivity index (χ0) is 26.5. The quantitative estimate of drug-likeness (QED) is 0.225. The third-order valence-corrected chi connectivity index (χ3v) is 4.55. The first-order valence-electron chi connectivity index (χ1n) is 11.1. The molecule has 13 heteroatoms. The van der Waals surface area contributed by atoms with E-state index in [2.05, 4.69) is 0 Å². The van der Waals surface area contributed by atoms with Crippen LogP contribution in [-0.2, 0) is 57.2 Å². The second-order valence-corrected chi connectivity index (χ2v) is 7.11. The monoisotopic (exact) mass is 502 g/mol. The Labute approximate surface area is 201 Å². The van der Waals surface area contributed by atoms with Crippen molar-refractivity contribution in [2.45, 2.75) is 84.1 Å². The summed E-state index contributed by atoms with van der Waals surface area (Å²) >= 11 is 0. The molecule has 0 bridgehead atoms. The predicted octanol–water partition coefficient (Wildman–Crippen LogP) is 0.814. The number of rotatable bonds is 12. The summed E-state index contributed by atoms with van der Waals surface area (Å²) in [6, 6.07) is 0. The van der Waals surface area contributed by atoms with Crippen LogP contribution in [0.2, 0.25) is 0 Å². The van der Waals surface area contributed by atoms with Crippen LogP contribution in [0, 0.1) is 0 Å². The highest BCUT2D eigenvalue weighted by atomic mass is 16.7. The van der Waals surface area contributed by atoms with Gasteiger partial charge in [0.1, 0.15) is 12.7 Å². The van der Waals surface area contributed by atoms with Crippen molar-refractivity contribution in [2.24, 2.45) is 0 Å². The Kier molecular flexibility index (Phi) is 12.4. The lowest BCUT2D eigenvalue weighted by Gasteiger charge is -2.43. The van der Waals surface area contributed by atoms with E-state index in [1.165, 1.54) is 20.8 Å². The number of carbonyl (C=O) groups is 6. The first-order chi connectivity index (χ1) is 16.6. The van der Waals surface area contributed by atoms with Gasteiger partial charge in [-0.2, -0.15) is 0 Å². The fraction of sp³-hybridized carbons (Fsp3) is 0.636. The van der Waals surface area contributed by atoms with Gasteiger partial charge in [-0.25, -0.2) is 9.59 Å². The molecule has 1 heterocycles. The molecular formula is C22H30O13. The SMILES string of the molecule is CCC(=O)OC[C@H]1O[C@@H](OC(=O)/C=C/C(=O)O)[C@H](OC(=O)CC)[C@@H](OC(=O)CC)[C@@H]1OC(=O)CC. The molecule has 0 aromatic rings. The summed E-state index contributed by atoms with van der Waals surface area (Å²) in [4.78, 5) is 71.0. The van der Waals surface area contributed by atoms with E-state index in [1.54, 1.807) is 6.92 Å². The Hall–Kier alpha value is -3.48. The number of esters is 5. The summed E-state index contributed by atoms with van der Waals surface area (Å²) < 4.78 is 32.0. The van der Waals surface area contributed by atoms with Crippen LogP contribution in [0.25, 0.3) is 0 Å². The number of aliphatic carboxylic acids is 1. The molecule has 1 aliphatic heterocycles. The zero-order valence-electron chi connectivity index (χ0n) is 19.9. The third-order valence-electron chi connectivity index (χ3n) is 4.55. The van der Waals surface area contributed by atoms with E-state index in [1.807, 2.05) is 0 Å². The van der Waals surface area contributed by atoms with E-state index in [-0.39, 0.29) is 25.7 Å². The van der Waals surface area contributed by atoms with Gasteiger partial charge in [0, 0.05) is 37.8 Å². The number of carboxylic acids is 1. The molecule has 0 aromatic carbocycles. The predicted molar refractivity (Wildman–Crippen MR) is 113 cm³/mol. The Morgan fingerprint density at radius 1 is 0.686 bits per heavy atom. The molecule has 0 radical (unpaired) electrons. The van der Waals surface area contributed by atoms with Gasteiger partial charge in [0.2, 0.25) is 12.4 Å². The lowest BCUT2D eigenvalue weighted by molar-refractivity contribution is -0.300. The zero-order valence-corrected chi connectivity index (χ0v) is 19.9. The summed E-state index contributed by atoms with van der Waals surface area (Å²) in [6.07, 6.45) is -6.67. The van der Waals surface area contributed by atoms with E-state index in [4.69, 9.17) is 33.5 Å². The average molecular weight is 502 g/mol. The molecule has 0 amide bonds. The highest BCUT2D eigenvalue weighted by Gasteiger charge is 2.54. The molecule has 0 aromatic heterocycles. The van der Waals surface area contributed by atoms with Crippen molar-refractivity contribution in [2.75, 3.05) is 6.61 Å². The Morgan fingerprint density at radius 2 is 1.17 bits per heavy atom. The van der Waals surface area contributed by atoms with Crippen LogP contribution in [0.4, 0.5) is 0 Å². The Balaban J connectivity index is 3.45. The maximum Gasteiger partial charge on any atom is 0.333 e. The minimum absolute atomic E-state index is 0.0233. The fourth-order valence-electron chi connectivity index (χ4n) is 2.78. The molecule has 0 aliphatic carbocycles. The van der Waals surface area contributed by atoms with Gasteiger partial charge >= 0.3 is 35.8 Å². The topological polar surface area (TPSA) is 178 Å². The van der Waals surface area contributed by atoms with E-state index in [0.717, 1.165) is 0 Å². The largest absolute Gasteiger partial charge is 0.478 e. The molecule has 0 saturated carbocycles. The van der Waals surface area contributed by atoms with Crippen LogP contribution in [0.5, 0.6) is 0 Å². The average Bonchev–Trinajstić information content (AvgIpc) is 2.83. The summed E-state index contributed by atoms with van der Waals surface area (Å²) in [5.41, 5.74) is 0. The molecule has 5 atom stereocenters. The van der Waals surface area contributed by atoms with Crippen LogP contribution < -0.4 is 0 Å². The van der Waals surface area contributed by atoms with Gasteiger partial charge in [-0.15, -0.1) is 0 Å². The number of carboxylic acid groups (broad SMARTS) is 1. The van der Waals surface area contributed by atoms with Gasteiger partial charge in [-0.1, -0.05) is 27.7 Å². The number of hydrogen-bond acceptors (Lipinski definition) is 12. The first kappa shape index (κ1) is 29.6. The van der Waals surface area contributed by atoms with Crippen LogP contribution in [0.15, 0.2) is 12.2 Å². The highest BCUT2D eigenvalue weighted by Crippen LogP contribution is 2.30. The number of hydrogen-bond donors (Lipinski definition) is 1. The van der Waals surface area contributed by atoms with Crippen molar-refractivity contribution < 1.29 is 62.3 Å². The van der Waals surface area contributed by atoms with Crippen molar-refractivity contribution in [3.05, 3.63) is 12.2 Å². The minimum Gasteiger partial charge on any atom is -0.478 e. The minimum atomic E-state index is -1.73. The Bertz CT molecular complexity index is 818. The van der Waals surface area contributed by atoms with Crippen molar-refractivity contribution in [3.8, 4) is 0 Å². The van der Waals surface area contributed by atoms with Gasteiger partial charge < -0.3 is 33.5 Å². The van der Waals surface area contributed by atoms with Gasteiger partial charge in [0.25, 0.3) is 0 Å². The van der Waals surface area contributed by atoms with Gasteiger partial charge in [0.05, 0.1) is 0 Å². The van der Waals surface area contributed by atoms with Crippen molar-refractivity contribution in [3.63, 3.8) is 0 Å². The van der Waals surface area contributed by atoms with Crippen LogP contribution in [-0.4, -0.2) is 78.2 Å². The maximum absolute atomic E-state index is 12.2. The van der Waals surface area contributed by atoms with E-state index >= 15 is 0 Å². The lowest BCUT2D eigenvalue weighted by atomic mass is 9.98. The van der Waals surface area contributed by atoms with Crippen LogP contribution in [0.1, 0.15) is 53.4 Å². The number of ether oxygens (including phenoxy) is 6. The molecule has 13 nitrogen and oxygen atoms in total. The van der Waals surface area contributed by atoms with Crippen molar-refractivity contribution >= 4 is 35.8 Å². The number of carbonyl (C=O) groups excluding carboxylic acids is 5. The van der Waals surface area contributed by atoms with Crippen LogP contribution in [0.3, 0.4) is 0 Å². The Morgan fingerprint density at radius 3 is 1.66 bits per heavy atom. The van der Waals surface area contributed by atoms with E-state index < -0.39 is 73.1 Å². The molecule has 35 heavy (non-hydrogen) atoms. The second-order valence-electron chi connectivity index (χ2n) is 7.11. The molecule has 196 valence electrons. The van der Waals surface area contributed by atoms with Gasteiger partial charge in [-0.05, 0) is 0 Å². The summed E-state index contributed by atoms with van der Waals surface area (Å²) in [5.74, 6) is -5.48. The van der Waals surface area contributed by atoms with Crippen LogP contribution >= 0.6 is 0 Å². The summed E-state index contributed by atoms with van der Waals surface area (Å²) in [7, 11) is 0. The smallest absolute Gasteiger partial charge is 0.333 e. The normalized spacial score (nSPS) is 23.7. The van der Waals surface area contributed by atoms with E-state index in [0.29, 0.717) is 12.2 Å². The molecule has 1 saturated heterocycles. The molecule has 0 unspecified atom stereocenters. The van der Waals surface area contributed by atoms with Gasteiger partial charge in [-0.3, -0.25) is 19.2 Å². The molecule has 0 spiro atoms. The van der Waals surface area contributed by atoms with Crippen molar-refractivity contribution in [1.82, 2.24) is 0 Å². The fourth-order valence-corrected chi connectivity index (χ4v) is 2.78. The molecule has 1 N–H and O–H groups in total.